The van der Waals surface area contributed by atoms with Crippen LogP contribution in [0.1, 0.15) is 15.9 Å². The summed E-state index contributed by atoms with van der Waals surface area (Å²) in [6, 6.07) is 4.96. The van der Waals surface area contributed by atoms with Gasteiger partial charge in [0.15, 0.2) is 0 Å². The molecule has 18 heavy (non-hydrogen) atoms. The van der Waals surface area contributed by atoms with Gasteiger partial charge in [0.05, 0.1) is 13.7 Å². The second-order valence-corrected chi connectivity index (χ2v) is 3.81. The van der Waals surface area contributed by atoms with Crippen LogP contribution in [0.3, 0.4) is 0 Å². The molecule has 1 unspecified atom stereocenters. The zero-order valence-corrected chi connectivity index (χ0v) is 10.3. The Balaban J connectivity index is 2.70. The number of nitrogens with one attached hydrogen (secondary N) is 1. The van der Waals surface area contributed by atoms with Crippen LogP contribution < -0.4 is 15.8 Å². The Bertz CT molecular complexity index is 459. The summed E-state index contributed by atoms with van der Waals surface area (Å²) in [5.41, 5.74) is 6.16. The molecule has 1 aromatic carbocycles. The monoisotopic (exact) mass is 252 g/mol. The van der Waals surface area contributed by atoms with Gasteiger partial charge in [0.1, 0.15) is 11.9 Å². The van der Waals surface area contributed by atoms with E-state index in [9.17, 15) is 9.59 Å². The summed E-state index contributed by atoms with van der Waals surface area (Å²) >= 11 is 0. The minimum Gasteiger partial charge on any atom is -0.496 e. The van der Waals surface area contributed by atoms with Gasteiger partial charge in [0.25, 0.3) is 5.91 Å². The number of nitrogens with two attached hydrogens (primary N) is 1. The SMILES string of the molecule is COc1cc(C(=O)NCC(O)C(N)=O)ccc1C. The van der Waals surface area contributed by atoms with Crippen LogP contribution in [0.2, 0.25) is 0 Å². The van der Waals surface area contributed by atoms with E-state index in [-0.39, 0.29) is 6.54 Å². The summed E-state index contributed by atoms with van der Waals surface area (Å²) in [6.45, 7) is 1.64. The number of rotatable bonds is 5. The van der Waals surface area contributed by atoms with Crippen LogP contribution in [0.5, 0.6) is 5.75 Å². The topological polar surface area (TPSA) is 102 Å². The lowest BCUT2D eigenvalue weighted by Gasteiger charge is -2.10. The molecule has 0 saturated carbocycles. The lowest BCUT2D eigenvalue weighted by atomic mass is 10.1. The van der Waals surface area contributed by atoms with Gasteiger partial charge in [-0.3, -0.25) is 9.59 Å². The maximum Gasteiger partial charge on any atom is 0.251 e. The fourth-order valence-corrected chi connectivity index (χ4v) is 1.35. The highest BCUT2D eigenvalue weighted by Crippen LogP contribution is 2.18. The number of ether oxygens (including phenoxy) is 1. The predicted molar refractivity (Wildman–Crippen MR) is 65.3 cm³/mol. The van der Waals surface area contributed by atoms with Crippen molar-refractivity contribution in [3.05, 3.63) is 29.3 Å². The van der Waals surface area contributed by atoms with Gasteiger partial charge in [0, 0.05) is 5.56 Å². The first-order valence-corrected chi connectivity index (χ1v) is 5.36. The fraction of sp³-hybridized carbons (Fsp3) is 0.333. The van der Waals surface area contributed by atoms with Crippen molar-refractivity contribution in [1.82, 2.24) is 5.32 Å². The summed E-state index contributed by atoms with van der Waals surface area (Å²) in [5.74, 6) is -0.691. The fourth-order valence-electron chi connectivity index (χ4n) is 1.35. The van der Waals surface area contributed by atoms with Gasteiger partial charge in [-0.1, -0.05) is 6.07 Å². The van der Waals surface area contributed by atoms with Crippen molar-refractivity contribution in [2.45, 2.75) is 13.0 Å². The first-order chi connectivity index (χ1) is 8.45. The van der Waals surface area contributed by atoms with Crippen LogP contribution in [-0.4, -0.2) is 36.7 Å². The molecular formula is C12H16N2O4. The minimum absolute atomic E-state index is 0.218. The van der Waals surface area contributed by atoms with Crippen LogP contribution in [0.4, 0.5) is 0 Å². The van der Waals surface area contributed by atoms with Crippen molar-refractivity contribution >= 4 is 11.8 Å². The van der Waals surface area contributed by atoms with E-state index in [4.69, 9.17) is 15.6 Å². The molecule has 0 bridgehead atoms. The predicted octanol–water partition coefficient (Wildman–Crippen LogP) is -0.420. The Labute approximate surface area is 105 Å². The summed E-state index contributed by atoms with van der Waals surface area (Å²) in [6.07, 6.45) is -1.39. The third-order valence-corrected chi connectivity index (χ3v) is 2.45. The maximum atomic E-state index is 11.7. The molecule has 6 heteroatoms. The second kappa shape index (κ2) is 6.02. The highest BCUT2D eigenvalue weighted by atomic mass is 16.5. The molecule has 98 valence electrons. The molecule has 1 atom stereocenters. The number of carbonyl (C=O) groups is 2. The Morgan fingerprint density at radius 1 is 1.50 bits per heavy atom. The van der Waals surface area contributed by atoms with E-state index < -0.39 is 17.9 Å². The molecular weight excluding hydrogens is 236 g/mol. The number of primary amides is 1. The molecule has 6 nitrogen and oxygen atoms in total. The zero-order chi connectivity index (χ0) is 13.7. The summed E-state index contributed by atoms with van der Waals surface area (Å²) in [5, 5.41) is 11.6. The third kappa shape index (κ3) is 3.46. The molecule has 2 amide bonds. The maximum absolute atomic E-state index is 11.7. The van der Waals surface area contributed by atoms with E-state index in [1.165, 1.54) is 7.11 Å². The van der Waals surface area contributed by atoms with Gasteiger partial charge < -0.3 is 20.9 Å². The van der Waals surface area contributed by atoms with Crippen LogP contribution in [0.25, 0.3) is 0 Å². The largest absolute Gasteiger partial charge is 0.496 e. The Kier molecular flexibility index (Phi) is 4.67. The van der Waals surface area contributed by atoms with Gasteiger partial charge >= 0.3 is 0 Å². The number of methoxy groups -OCH3 is 1. The van der Waals surface area contributed by atoms with Crippen LogP contribution in [0, 0.1) is 6.92 Å². The first-order valence-electron chi connectivity index (χ1n) is 5.36. The first kappa shape index (κ1) is 14.0. The van der Waals surface area contributed by atoms with E-state index in [1.807, 2.05) is 6.92 Å². The zero-order valence-electron chi connectivity index (χ0n) is 10.3. The van der Waals surface area contributed by atoms with Crippen molar-refractivity contribution in [3.63, 3.8) is 0 Å². The van der Waals surface area contributed by atoms with Gasteiger partial charge in [-0.2, -0.15) is 0 Å². The van der Waals surface area contributed by atoms with Crippen molar-refractivity contribution in [2.24, 2.45) is 5.73 Å². The normalized spacial score (nSPS) is 11.7. The number of benzene rings is 1. The number of amides is 2. The smallest absolute Gasteiger partial charge is 0.251 e. The van der Waals surface area contributed by atoms with Crippen molar-refractivity contribution in [3.8, 4) is 5.75 Å². The van der Waals surface area contributed by atoms with Crippen LogP contribution in [-0.2, 0) is 4.79 Å². The Morgan fingerprint density at radius 3 is 2.72 bits per heavy atom. The molecule has 0 saturated heterocycles. The standard InChI is InChI=1S/C12H16N2O4/c1-7-3-4-8(5-10(7)18-2)12(17)14-6-9(15)11(13)16/h3-5,9,15H,6H2,1-2H3,(H2,13,16)(H,14,17). The average Bonchev–Trinajstić information content (AvgIpc) is 2.35. The quantitative estimate of drug-likeness (QED) is 0.662. The summed E-state index contributed by atoms with van der Waals surface area (Å²) in [4.78, 5) is 22.3. The summed E-state index contributed by atoms with van der Waals surface area (Å²) in [7, 11) is 1.51. The Hall–Kier alpha value is -2.08. The number of carbonyl (C=O) groups excluding carboxylic acids is 2. The van der Waals surface area contributed by atoms with Crippen molar-refractivity contribution in [2.75, 3.05) is 13.7 Å². The van der Waals surface area contributed by atoms with E-state index >= 15 is 0 Å². The van der Waals surface area contributed by atoms with E-state index in [2.05, 4.69) is 5.32 Å². The average molecular weight is 252 g/mol. The number of hydrogen-bond acceptors (Lipinski definition) is 4. The lowest BCUT2D eigenvalue weighted by molar-refractivity contribution is -0.125. The van der Waals surface area contributed by atoms with E-state index in [0.717, 1.165) is 5.56 Å². The highest BCUT2D eigenvalue weighted by molar-refractivity contribution is 5.95. The molecule has 4 N–H and O–H groups in total. The third-order valence-electron chi connectivity index (χ3n) is 2.45. The number of aryl methyl sites for hydroxylation is 1. The van der Waals surface area contributed by atoms with Crippen molar-refractivity contribution in [1.29, 1.82) is 0 Å². The number of aliphatic hydroxyl groups is 1. The molecule has 0 aromatic heterocycles. The van der Waals surface area contributed by atoms with Gasteiger partial charge in [-0.05, 0) is 24.6 Å². The minimum atomic E-state index is -1.39. The molecule has 0 aliphatic heterocycles. The molecule has 0 heterocycles. The molecule has 0 aliphatic carbocycles. The molecule has 1 rings (SSSR count). The van der Waals surface area contributed by atoms with E-state index in [1.54, 1.807) is 18.2 Å². The molecule has 0 spiro atoms. The van der Waals surface area contributed by atoms with Crippen LogP contribution in [0.15, 0.2) is 18.2 Å². The molecule has 0 aliphatic rings. The second-order valence-electron chi connectivity index (χ2n) is 3.81. The van der Waals surface area contributed by atoms with Gasteiger partial charge in [-0.25, -0.2) is 0 Å². The van der Waals surface area contributed by atoms with E-state index in [0.29, 0.717) is 11.3 Å². The van der Waals surface area contributed by atoms with Gasteiger partial charge in [0.2, 0.25) is 5.91 Å². The highest BCUT2D eigenvalue weighted by Gasteiger charge is 2.13. The van der Waals surface area contributed by atoms with Crippen molar-refractivity contribution < 1.29 is 19.4 Å². The lowest BCUT2D eigenvalue weighted by Crippen LogP contribution is -2.39. The van der Waals surface area contributed by atoms with Crippen LogP contribution >= 0.6 is 0 Å². The molecule has 0 radical (unpaired) electrons. The number of hydrogen-bond donors (Lipinski definition) is 3. The summed E-state index contributed by atoms with van der Waals surface area (Å²) < 4.78 is 5.10. The van der Waals surface area contributed by atoms with Gasteiger partial charge in [-0.15, -0.1) is 0 Å². The Morgan fingerprint density at radius 2 is 2.17 bits per heavy atom. The number of aliphatic hydroxyl groups excluding tert-OH is 1. The molecule has 0 fully saturated rings. The molecule has 1 aromatic rings.